The normalized spacial score (nSPS) is 22.4. The lowest BCUT2D eigenvalue weighted by Crippen LogP contribution is -2.41. The highest BCUT2D eigenvalue weighted by Gasteiger charge is 2.21. The molecule has 1 aliphatic rings. The molecule has 0 saturated heterocycles. The van der Waals surface area contributed by atoms with Gasteiger partial charge in [-0.2, -0.15) is 8.78 Å². The number of aromatic nitrogens is 2. The standard InChI is InChI=1S/C16H27F2N5/c1-12-4-6-13(7-5-12)11-22(3)16(19-2)21-10-14-20-8-9-23(14)15(17)18/h8-9,12-13,15H,4-7,10-11H2,1-3H3,(H,19,21). The quantitative estimate of drug-likeness (QED) is 0.668. The summed E-state index contributed by atoms with van der Waals surface area (Å²) in [7, 11) is 3.70. The van der Waals surface area contributed by atoms with E-state index in [4.69, 9.17) is 0 Å². The molecule has 0 amide bonds. The lowest BCUT2D eigenvalue weighted by atomic mass is 9.83. The van der Waals surface area contributed by atoms with Crippen molar-refractivity contribution in [2.24, 2.45) is 16.8 Å². The molecule has 5 nitrogen and oxygen atoms in total. The van der Waals surface area contributed by atoms with E-state index in [9.17, 15) is 8.78 Å². The maximum Gasteiger partial charge on any atom is 0.319 e. The summed E-state index contributed by atoms with van der Waals surface area (Å²) < 4.78 is 26.5. The van der Waals surface area contributed by atoms with Crippen LogP contribution in [0, 0.1) is 11.8 Å². The van der Waals surface area contributed by atoms with E-state index in [1.165, 1.54) is 38.1 Å². The van der Waals surface area contributed by atoms with Crippen molar-refractivity contribution in [1.29, 1.82) is 0 Å². The number of guanidine groups is 1. The van der Waals surface area contributed by atoms with E-state index in [1.54, 1.807) is 7.05 Å². The molecule has 0 radical (unpaired) electrons. The van der Waals surface area contributed by atoms with Crippen LogP contribution in [0.25, 0.3) is 0 Å². The second-order valence-electron chi connectivity index (χ2n) is 6.44. The van der Waals surface area contributed by atoms with Crippen LogP contribution in [0.3, 0.4) is 0 Å². The fourth-order valence-electron chi connectivity index (χ4n) is 3.19. The summed E-state index contributed by atoms with van der Waals surface area (Å²) in [5, 5.41) is 3.12. The van der Waals surface area contributed by atoms with Crippen molar-refractivity contribution in [3.8, 4) is 0 Å². The van der Waals surface area contributed by atoms with Crippen molar-refractivity contribution in [2.75, 3.05) is 20.6 Å². The molecule has 0 aromatic carbocycles. The summed E-state index contributed by atoms with van der Waals surface area (Å²) in [6.45, 7) is 0.912. The first-order valence-corrected chi connectivity index (χ1v) is 8.23. The molecule has 2 rings (SSSR count). The Bertz CT molecular complexity index is 506. The molecule has 1 fully saturated rings. The maximum atomic E-state index is 12.8. The molecule has 0 atom stereocenters. The number of nitrogens with one attached hydrogen (secondary N) is 1. The molecule has 1 aliphatic carbocycles. The Morgan fingerprint density at radius 1 is 1.43 bits per heavy atom. The van der Waals surface area contributed by atoms with Crippen molar-refractivity contribution >= 4 is 5.96 Å². The monoisotopic (exact) mass is 327 g/mol. The summed E-state index contributed by atoms with van der Waals surface area (Å²) in [5.74, 6) is 2.54. The van der Waals surface area contributed by atoms with Gasteiger partial charge in [-0.05, 0) is 24.7 Å². The highest BCUT2D eigenvalue weighted by Crippen LogP contribution is 2.28. The van der Waals surface area contributed by atoms with Crippen LogP contribution in [0.1, 0.15) is 45.0 Å². The number of hydrogen-bond donors (Lipinski definition) is 1. The molecule has 0 bridgehead atoms. The van der Waals surface area contributed by atoms with Gasteiger partial charge in [0.15, 0.2) is 5.96 Å². The number of alkyl halides is 2. The van der Waals surface area contributed by atoms with Crippen LogP contribution < -0.4 is 5.32 Å². The van der Waals surface area contributed by atoms with Gasteiger partial charge in [-0.3, -0.25) is 9.56 Å². The Hall–Kier alpha value is -1.66. The number of hydrogen-bond acceptors (Lipinski definition) is 2. The Morgan fingerprint density at radius 3 is 2.74 bits per heavy atom. The molecular formula is C16H27F2N5. The minimum Gasteiger partial charge on any atom is -0.349 e. The molecule has 1 N–H and O–H groups in total. The van der Waals surface area contributed by atoms with Crippen LogP contribution in [0.15, 0.2) is 17.4 Å². The molecule has 130 valence electrons. The van der Waals surface area contributed by atoms with E-state index in [0.29, 0.717) is 17.7 Å². The molecule has 1 saturated carbocycles. The Morgan fingerprint density at radius 2 is 2.13 bits per heavy atom. The second-order valence-corrected chi connectivity index (χ2v) is 6.44. The number of imidazole rings is 1. The minimum absolute atomic E-state index is 0.232. The second kappa shape index (κ2) is 8.26. The average Bonchev–Trinajstić information content (AvgIpc) is 2.99. The van der Waals surface area contributed by atoms with Gasteiger partial charge in [0.25, 0.3) is 0 Å². The van der Waals surface area contributed by atoms with E-state index in [-0.39, 0.29) is 6.54 Å². The van der Waals surface area contributed by atoms with Crippen LogP contribution in [0.5, 0.6) is 0 Å². The first-order chi connectivity index (χ1) is 11.0. The van der Waals surface area contributed by atoms with Crippen molar-refractivity contribution in [1.82, 2.24) is 19.8 Å². The smallest absolute Gasteiger partial charge is 0.319 e. The highest BCUT2D eigenvalue weighted by atomic mass is 19.3. The van der Waals surface area contributed by atoms with Crippen molar-refractivity contribution in [2.45, 2.75) is 45.7 Å². The van der Waals surface area contributed by atoms with Crippen LogP contribution in [-0.4, -0.2) is 41.1 Å². The zero-order chi connectivity index (χ0) is 16.8. The van der Waals surface area contributed by atoms with Crippen LogP contribution in [0.2, 0.25) is 0 Å². The zero-order valence-corrected chi connectivity index (χ0v) is 14.2. The minimum atomic E-state index is -2.57. The summed E-state index contributed by atoms with van der Waals surface area (Å²) in [6.07, 6.45) is 7.75. The van der Waals surface area contributed by atoms with Crippen LogP contribution >= 0.6 is 0 Å². The Labute approximate surface area is 136 Å². The summed E-state index contributed by atoms with van der Waals surface area (Å²) in [6, 6.07) is 0. The Balaban J connectivity index is 1.86. The van der Waals surface area contributed by atoms with E-state index >= 15 is 0 Å². The first-order valence-electron chi connectivity index (χ1n) is 8.23. The molecule has 0 aliphatic heterocycles. The Kier molecular flexibility index (Phi) is 6.36. The lowest BCUT2D eigenvalue weighted by molar-refractivity contribution is 0.0668. The molecule has 1 aromatic rings. The zero-order valence-electron chi connectivity index (χ0n) is 14.2. The molecule has 1 aromatic heterocycles. The summed E-state index contributed by atoms with van der Waals surface area (Å²) in [5.41, 5.74) is 0. The van der Waals surface area contributed by atoms with Gasteiger partial charge < -0.3 is 10.2 Å². The van der Waals surface area contributed by atoms with Crippen LogP contribution in [0.4, 0.5) is 8.78 Å². The summed E-state index contributed by atoms with van der Waals surface area (Å²) in [4.78, 5) is 10.3. The first kappa shape index (κ1) is 17.7. The summed E-state index contributed by atoms with van der Waals surface area (Å²) >= 11 is 0. The third kappa shape index (κ3) is 4.91. The van der Waals surface area contributed by atoms with Gasteiger partial charge in [0, 0.05) is 33.0 Å². The highest BCUT2D eigenvalue weighted by molar-refractivity contribution is 5.79. The van der Waals surface area contributed by atoms with Gasteiger partial charge in [0.2, 0.25) is 0 Å². The average molecular weight is 327 g/mol. The maximum absolute atomic E-state index is 12.8. The number of aliphatic imine (C=N–C) groups is 1. The molecule has 23 heavy (non-hydrogen) atoms. The van der Waals surface area contributed by atoms with Gasteiger partial charge in [-0.15, -0.1) is 0 Å². The fourth-order valence-corrected chi connectivity index (χ4v) is 3.19. The van der Waals surface area contributed by atoms with Gasteiger partial charge in [0.05, 0.1) is 6.54 Å². The third-order valence-electron chi connectivity index (χ3n) is 4.60. The molecule has 7 heteroatoms. The van der Waals surface area contributed by atoms with Gasteiger partial charge >= 0.3 is 6.55 Å². The molecule has 0 unspecified atom stereocenters. The SMILES string of the molecule is CN=C(NCc1nccn1C(F)F)N(C)CC1CCC(C)CC1. The fraction of sp³-hybridized carbons (Fsp3) is 0.750. The van der Waals surface area contributed by atoms with Crippen molar-refractivity contribution in [3.05, 3.63) is 18.2 Å². The molecular weight excluding hydrogens is 300 g/mol. The van der Waals surface area contributed by atoms with Crippen molar-refractivity contribution < 1.29 is 8.78 Å². The van der Waals surface area contributed by atoms with E-state index in [1.807, 2.05) is 7.05 Å². The lowest BCUT2D eigenvalue weighted by Gasteiger charge is -2.31. The van der Waals surface area contributed by atoms with E-state index < -0.39 is 6.55 Å². The predicted octanol–water partition coefficient (Wildman–Crippen LogP) is 3.11. The van der Waals surface area contributed by atoms with E-state index in [0.717, 1.165) is 17.0 Å². The van der Waals surface area contributed by atoms with Crippen LogP contribution in [-0.2, 0) is 6.54 Å². The number of halogens is 2. The van der Waals surface area contributed by atoms with E-state index in [2.05, 4.69) is 27.1 Å². The molecule has 0 spiro atoms. The van der Waals surface area contributed by atoms with Gasteiger partial charge in [-0.1, -0.05) is 19.8 Å². The number of nitrogens with zero attached hydrogens (tertiary/aromatic N) is 4. The molecule has 1 heterocycles. The van der Waals surface area contributed by atoms with Crippen molar-refractivity contribution in [3.63, 3.8) is 0 Å². The third-order valence-corrected chi connectivity index (χ3v) is 4.60. The number of rotatable bonds is 5. The van der Waals surface area contributed by atoms with Gasteiger partial charge in [-0.25, -0.2) is 4.98 Å². The predicted molar refractivity (Wildman–Crippen MR) is 87.4 cm³/mol. The largest absolute Gasteiger partial charge is 0.349 e. The van der Waals surface area contributed by atoms with Gasteiger partial charge in [0.1, 0.15) is 5.82 Å². The topological polar surface area (TPSA) is 45.5 Å².